The van der Waals surface area contributed by atoms with Crippen molar-refractivity contribution in [3.8, 4) is 0 Å². The van der Waals surface area contributed by atoms with Crippen LogP contribution in [0.25, 0.3) is 0 Å². The summed E-state index contributed by atoms with van der Waals surface area (Å²) in [6, 6.07) is 8.56. The third kappa shape index (κ3) is 6.15. The second kappa shape index (κ2) is 8.98. The summed E-state index contributed by atoms with van der Waals surface area (Å²) >= 11 is 10.4. The van der Waals surface area contributed by atoms with Crippen LogP contribution in [0.3, 0.4) is 0 Å². The van der Waals surface area contributed by atoms with Crippen molar-refractivity contribution in [2.75, 3.05) is 6.61 Å². The fourth-order valence-corrected chi connectivity index (χ4v) is 3.46. The number of esters is 1. The molecule has 2 rings (SSSR count). The monoisotopic (exact) mass is 444 g/mol. The quantitative estimate of drug-likeness (QED) is 0.501. The molecule has 0 radical (unpaired) electrons. The highest BCUT2D eigenvalue weighted by Crippen LogP contribution is 2.23. The third-order valence-electron chi connectivity index (χ3n) is 3.17. The molecule has 132 valence electrons. The molecule has 0 bridgehead atoms. The molecule has 0 saturated carbocycles. The van der Waals surface area contributed by atoms with Crippen molar-refractivity contribution in [1.82, 2.24) is 5.32 Å². The van der Waals surface area contributed by atoms with Gasteiger partial charge in [0.05, 0.1) is 21.1 Å². The van der Waals surface area contributed by atoms with E-state index < -0.39 is 18.0 Å². The summed E-state index contributed by atoms with van der Waals surface area (Å²) in [5.74, 6) is -0.923. The zero-order valence-corrected chi connectivity index (χ0v) is 16.0. The van der Waals surface area contributed by atoms with Gasteiger partial charge in [-0.15, -0.1) is 11.3 Å². The average Bonchev–Trinajstić information content (AvgIpc) is 2.99. The first-order chi connectivity index (χ1) is 11.8. The highest BCUT2D eigenvalue weighted by atomic mass is 79.9. The Morgan fingerprint density at radius 3 is 2.44 bits per heavy atom. The lowest BCUT2D eigenvalue weighted by atomic mass is 10.0. The van der Waals surface area contributed by atoms with Gasteiger partial charge in [0, 0.05) is 5.02 Å². The number of ether oxygens (including phenoxy) is 1. The predicted octanol–water partition coefficient (Wildman–Crippen LogP) is 3.69. The Morgan fingerprint density at radius 2 is 1.88 bits per heavy atom. The van der Waals surface area contributed by atoms with Crippen molar-refractivity contribution in [3.05, 3.63) is 55.6 Å². The topological polar surface area (TPSA) is 98.5 Å². The zero-order valence-electron chi connectivity index (χ0n) is 12.8. The molecule has 1 unspecified atom stereocenters. The van der Waals surface area contributed by atoms with Crippen molar-refractivity contribution in [2.24, 2.45) is 5.73 Å². The van der Waals surface area contributed by atoms with E-state index in [9.17, 15) is 14.4 Å². The lowest BCUT2D eigenvalue weighted by molar-refractivity contribution is -0.143. The molecule has 1 atom stereocenters. The number of thiophene rings is 1. The minimum absolute atomic E-state index is 0.161. The number of halogens is 2. The zero-order chi connectivity index (χ0) is 18.4. The maximum Gasteiger partial charge on any atom is 0.312 e. The molecule has 0 saturated heterocycles. The molecule has 6 nitrogen and oxygen atoms in total. The number of nitrogens with two attached hydrogens (primary N) is 1. The van der Waals surface area contributed by atoms with E-state index in [2.05, 4.69) is 21.2 Å². The normalized spacial score (nSPS) is 11.6. The standard InChI is InChI=1S/C16H14BrClN2O4S/c17-14-6-5-13(25-14)12(21)8-24-15(22)7-11(20-16(19)23)9-1-3-10(18)4-2-9/h1-6,11H,7-8H2,(H3,19,20,23). The van der Waals surface area contributed by atoms with Gasteiger partial charge < -0.3 is 15.8 Å². The number of rotatable bonds is 7. The predicted molar refractivity (Wildman–Crippen MR) is 98.8 cm³/mol. The van der Waals surface area contributed by atoms with Crippen LogP contribution in [0.15, 0.2) is 40.2 Å². The van der Waals surface area contributed by atoms with Crippen LogP contribution >= 0.6 is 38.9 Å². The number of carbonyl (C=O) groups excluding carboxylic acids is 3. The molecule has 0 aliphatic heterocycles. The Balaban J connectivity index is 1.95. The average molecular weight is 446 g/mol. The molecule has 25 heavy (non-hydrogen) atoms. The third-order valence-corrected chi connectivity index (χ3v) is 5.09. The molecule has 0 spiro atoms. The van der Waals surface area contributed by atoms with Crippen molar-refractivity contribution in [3.63, 3.8) is 0 Å². The van der Waals surface area contributed by atoms with Crippen LogP contribution in [-0.4, -0.2) is 24.4 Å². The van der Waals surface area contributed by atoms with E-state index >= 15 is 0 Å². The van der Waals surface area contributed by atoms with Crippen LogP contribution in [0, 0.1) is 0 Å². The van der Waals surface area contributed by atoms with Gasteiger partial charge in [0.2, 0.25) is 5.78 Å². The van der Waals surface area contributed by atoms with Crippen LogP contribution in [-0.2, 0) is 9.53 Å². The highest BCUT2D eigenvalue weighted by Gasteiger charge is 2.20. The molecule has 0 aliphatic rings. The lowest BCUT2D eigenvalue weighted by Crippen LogP contribution is -2.34. The molecule has 1 aromatic carbocycles. The fourth-order valence-electron chi connectivity index (χ4n) is 2.03. The summed E-state index contributed by atoms with van der Waals surface area (Å²) < 4.78 is 5.82. The Kier molecular flexibility index (Phi) is 6.98. The SMILES string of the molecule is NC(=O)NC(CC(=O)OCC(=O)c1ccc(Br)s1)c1ccc(Cl)cc1. The van der Waals surface area contributed by atoms with Crippen molar-refractivity contribution in [2.45, 2.75) is 12.5 Å². The van der Waals surface area contributed by atoms with Gasteiger partial charge in [0.15, 0.2) is 6.61 Å². The Hall–Kier alpha value is -1.90. The Morgan fingerprint density at radius 1 is 1.20 bits per heavy atom. The Bertz CT molecular complexity index is 779. The van der Waals surface area contributed by atoms with E-state index in [1.54, 1.807) is 36.4 Å². The lowest BCUT2D eigenvalue weighted by Gasteiger charge is -2.17. The molecular weight excluding hydrogens is 432 g/mol. The largest absolute Gasteiger partial charge is 0.457 e. The van der Waals surface area contributed by atoms with Gasteiger partial charge in [-0.1, -0.05) is 23.7 Å². The number of hydrogen-bond donors (Lipinski definition) is 2. The molecule has 2 aromatic rings. The number of amides is 2. The molecule has 3 N–H and O–H groups in total. The van der Waals surface area contributed by atoms with Crippen LogP contribution < -0.4 is 11.1 Å². The van der Waals surface area contributed by atoms with E-state index in [1.165, 1.54) is 11.3 Å². The van der Waals surface area contributed by atoms with Crippen molar-refractivity contribution < 1.29 is 19.1 Å². The first-order valence-corrected chi connectivity index (χ1v) is 9.09. The molecular formula is C16H14BrClN2O4S. The number of ketones is 1. The van der Waals surface area contributed by atoms with Crippen molar-refractivity contribution in [1.29, 1.82) is 0 Å². The van der Waals surface area contributed by atoms with Gasteiger partial charge >= 0.3 is 12.0 Å². The summed E-state index contributed by atoms with van der Waals surface area (Å²) in [5.41, 5.74) is 5.80. The Labute approximate surface area is 161 Å². The van der Waals surface area contributed by atoms with E-state index in [1.807, 2.05) is 0 Å². The van der Waals surface area contributed by atoms with Gasteiger partial charge in [0.25, 0.3) is 0 Å². The summed E-state index contributed by atoms with van der Waals surface area (Å²) in [6.07, 6.45) is -0.161. The maximum absolute atomic E-state index is 12.0. The molecule has 9 heteroatoms. The number of hydrogen-bond acceptors (Lipinski definition) is 5. The maximum atomic E-state index is 12.0. The summed E-state index contributed by atoms with van der Waals surface area (Å²) in [6.45, 7) is -0.365. The second-order valence-electron chi connectivity index (χ2n) is 5.00. The minimum atomic E-state index is -0.771. The summed E-state index contributed by atoms with van der Waals surface area (Å²) in [5, 5.41) is 3.00. The van der Waals surface area contributed by atoms with Gasteiger partial charge in [-0.25, -0.2) is 4.79 Å². The van der Waals surface area contributed by atoms with E-state index in [0.29, 0.717) is 15.5 Å². The van der Waals surface area contributed by atoms with E-state index in [-0.39, 0.29) is 18.8 Å². The molecule has 0 aliphatic carbocycles. The van der Waals surface area contributed by atoms with E-state index in [4.69, 9.17) is 22.1 Å². The highest BCUT2D eigenvalue weighted by molar-refractivity contribution is 9.11. The van der Waals surface area contributed by atoms with Gasteiger partial charge in [-0.3, -0.25) is 9.59 Å². The van der Waals surface area contributed by atoms with Gasteiger partial charge in [-0.05, 0) is 45.8 Å². The van der Waals surface area contributed by atoms with Gasteiger partial charge in [-0.2, -0.15) is 0 Å². The van der Waals surface area contributed by atoms with E-state index in [0.717, 1.165) is 3.79 Å². The number of Topliss-reactive ketones (excluding diaryl/α,β-unsaturated/α-hetero) is 1. The smallest absolute Gasteiger partial charge is 0.312 e. The molecule has 1 aromatic heterocycles. The molecule has 1 heterocycles. The molecule has 2 amide bonds. The van der Waals surface area contributed by atoms with Crippen molar-refractivity contribution >= 4 is 56.7 Å². The van der Waals surface area contributed by atoms with Crippen LogP contribution in [0.5, 0.6) is 0 Å². The van der Waals surface area contributed by atoms with Crippen LogP contribution in [0.4, 0.5) is 4.79 Å². The fraction of sp³-hybridized carbons (Fsp3) is 0.188. The summed E-state index contributed by atoms with van der Waals surface area (Å²) in [4.78, 5) is 35.6. The second-order valence-corrected chi connectivity index (χ2v) is 7.90. The minimum Gasteiger partial charge on any atom is -0.457 e. The first-order valence-electron chi connectivity index (χ1n) is 7.10. The number of nitrogens with one attached hydrogen (secondary N) is 1. The van der Waals surface area contributed by atoms with Crippen LogP contribution in [0.2, 0.25) is 5.02 Å². The first kappa shape index (κ1) is 19.4. The summed E-state index contributed by atoms with van der Waals surface area (Å²) in [7, 11) is 0. The number of carbonyl (C=O) groups is 3. The number of benzene rings is 1. The van der Waals surface area contributed by atoms with Gasteiger partial charge in [0.1, 0.15) is 0 Å². The molecule has 0 fully saturated rings. The van der Waals surface area contributed by atoms with Crippen LogP contribution in [0.1, 0.15) is 27.7 Å². The number of primary amides is 1. The number of urea groups is 1.